The van der Waals surface area contributed by atoms with E-state index >= 15 is 0 Å². The summed E-state index contributed by atoms with van der Waals surface area (Å²) in [6.07, 6.45) is 3.00. The van der Waals surface area contributed by atoms with E-state index < -0.39 is 18.4 Å². The molecule has 2 aromatic carbocycles. The Bertz CT molecular complexity index is 1750. The zero-order valence-corrected chi connectivity index (χ0v) is 29.5. The van der Waals surface area contributed by atoms with Crippen molar-refractivity contribution in [1.29, 1.82) is 0 Å². The van der Waals surface area contributed by atoms with Crippen molar-refractivity contribution in [3.63, 3.8) is 0 Å². The Labute approximate surface area is 295 Å². The van der Waals surface area contributed by atoms with Gasteiger partial charge in [-0.1, -0.05) is 31.2 Å². The maximum absolute atomic E-state index is 13.8. The molecule has 0 aromatic heterocycles. The molecule has 6 rings (SSSR count). The summed E-state index contributed by atoms with van der Waals surface area (Å²) in [7, 11) is 2.97. The molecule has 3 amide bonds. The van der Waals surface area contributed by atoms with Crippen LogP contribution in [0.15, 0.2) is 53.6 Å². The van der Waals surface area contributed by atoms with Crippen LogP contribution >= 0.6 is 11.8 Å². The summed E-state index contributed by atoms with van der Waals surface area (Å²) in [4.78, 5) is 49.6. The highest BCUT2D eigenvalue weighted by Gasteiger charge is 2.46. The van der Waals surface area contributed by atoms with Gasteiger partial charge >= 0.3 is 6.09 Å². The van der Waals surface area contributed by atoms with Crippen molar-refractivity contribution in [1.82, 2.24) is 9.80 Å². The third-order valence-electron chi connectivity index (χ3n) is 9.23. The molecule has 50 heavy (non-hydrogen) atoms. The quantitative estimate of drug-likeness (QED) is 0.255. The van der Waals surface area contributed by atoms with Crippen LogP contribution in [0, 0.1) is 0 Å². The largest absolute Gasteiger partial charge is 0.493 e. The molecular weight excluding hydrogens is 664 g/mol. The van der Waals surface area contributed by atoms with Gasteiger partial charge in [0.2, 0.25) is 0 Å². The van der Waals surface area contributed by atoms with Gasteiger partial charge in [-0.15, -0.1) is 0 Å². The number of anilines is 1. The number of hydrogen-bond donors (Lipinski definition) is 1. The number of fused-ring (bicyclic) bond motifs is 4. The number of thioether (sulfide) groups is 1. The molecule has 3 unspecified atom stereocenters. The molecule has 2 saturated heterocycles. The number of carbonyl (C=O) groups excluding carboxylic acids is 3. The molecule has 4 atom stereocenters. The number of hydrogen-bond acceptors (Lipinski definition) is 11. The van der Waals surface area contributed by atoms with Gasteiger partial charge < -0.3 is 38.6 Å². The molecule has 1 N–H and O–H groups in total. The Morgan fingerprint density at radius 3 is 2.24 bits per heavy atom. The lowest BCUT2D eigenvalue weighted by molar-refractivity contribution is 0.0491. The zero-order valence-electron chi connectivity index (χ0n) is 28.7. The van der Waals surface area contributed by atoms with Crippen LogP contribution in [-0.2, 0) is 4.74 Å². The lowest BCUT2D eigenvalue weighted by atomic mass is 10.1. The summed E-state index contributed by atoms with van der Waals surface area (Å²) >= 11 is 1.54. The minimum atomic E-state index is -1.38. The summed E-state index contributed by atoms with van der Waals surface area (Å²) in [6, 6.07) is 5.59. The second kappa shape index (κ2) is 14.7. The molecule has 2 aromatic rings. The molecule has 13 nitrogen and oxygen atoms in total. The molecule has 266 valence electrons. The van der Waals surface area contributed by atoms with Gasteiger partial charge in [0.15, 0.2) is 29.2 Å². The Morgan fingerprint density at radius 2 is 1.56 bits per heavy atom. The molecule has 0 bridgehead atoms. The number of benzene rings is 2. The first-order chi connectivity index (χ1) is 24.0. The van der Waals surface area contributed by atoms with Crippen molar-refractivity contribution in [2.24, 2.45) is 4.99 Å². The average Bonchev–Trinajstić information content (AvgIpc) is 3.65. The molecule has 4 aliphatic heterocycles. The third-order valence-corrected chi connectivity index (χ3v) is 10.2. The number of aliphatic hydroxyl groups is 1. The van der Waals surface area contributed by atoms with Crippen molar-refractivity contribution < 1.29 is 43.2 Å². The van der Waals surface area contributed by atoms with E-state index in [9.17, 15) is 19.5 Å². The predicted octanol–water partition coefficient (Wildman–Crippen LogP) is 4.84. The highest BCUT2D eigenvalue weighted by Crippen LogP contribution is 2.42. The topological polar surface area (TPSA) is 140 Å². The summed E-state index contributed by atoms with van der Waals surface area (Å²) < 4.78 is 28.9. The first-order valence-electron chi connectivity index (χ1n) is 16.4. The third kappa shape index (κ3) is 6.73. The fraction of sp³-hybridized carbons (Fsp3) is 0.444. The first-order valence-corrected chi connectivity index (χ1v) is 17.7. The van der Waals surface area contributed by atoms with E-state index in [1.54, 1.807) is 35.0 Å². The number of aliphatic imine (C=N–C) groups is 1. The minimum absolute atomic E-state index is 0.0310. The number of carbonyl (C=O) groups is 3. The van der Waals surface area contributed by atoms with E-state index in [0.717, 1.165) is 16.0 Å². The summed E-state index contributed by atoms with van der Waals surface area (Å²) in [6.45, 7) is 11.3. The first kappa shape index (κ1) is 35.1. The summed E-state index contributed by atoms with van der Waals surface area (Å²) in [5.41, 5.74) is 3.04. The fourth-order valence-electron chi connectivity index (χ4n) is 6.54. The van der Waals surface area contributed by atoms with Crippen molar-refractivity contribution in [2.75, 3.05) is 58.3 Å². The predicted molar refractivity (Wildman–Crippen MR) is 190 cm³/mol. The normalized spacial score (nSPS) is 21.5. The van der Waals surface area contributed by atoms with Crippen LogP contribution in [-0.4, -0.2) is 116 Å². The number of nitrogens with zero attached hydrogens (tertiary/aromatic N) is 4. The molecule has 14 heteroatoms. The van der Waals surface area contributed by atoms with E-state index in [-0.39, 0.29) is 72.2 Å². The van der Waals surface area contributed by atoms with Gasteiger partial charge in [-0.05, 0) is 31.2 Å². The molecule has 2 fully saturated rings. The van der Waals surface area contributed by atoms with Gasteiger partial charge in [0.05, 0.1) is 62.0 Å². The Balaban J connectivity index is 1.18. The molecular formula is C36H42N4O9S. The van der Waals surface area contributed by atoms with Gasteiger partial charge in [0.25, 0.3) is 11.8 Å². The lowest BCUT2D eigenvalue weighted by Crippen LogP contribution is -2.51. The van der Waals surface area contributed by atoms with Crippen LogP contribution in [0.5, 0.6) is 23.0 Å². The van der Waals surface area contributed by atoms with E-state index in [2.05, 4.69) is 18.2 Å². The molecule has 0 radical (unpaired) electrons. The number of ether oxygens (including phenoxy) is 5. The van der Waals surface area contributed by atoms with Crippen molar-refractivity contribution in [3.05, 3.63) is 59.7 Å². The second-order valence-electron chi connectivity index (χ2n) is 12.7. The van der Waals surface area contributed by atoms with Crippen LogP contribution < -0.4 is 23.8 Å². The monoisotopic (exact) mass is 706 g/mol. The highest BCUT2D eigenvalue weighted by atomic mass is 32.2. The average molecular weight is 707 g/mol. The number of rotatable bonds is 11. The van der Waals surface area contributed by atoms with Crippen LogP contribution in [0.25, 0.3) is 0 Å². The number of aliphatic hydroxyl groups excluding tert-OH is 1. The van der Waals surface area contributed by atoms with Crippen molar-refractivity contribution >= 4 is 47.3 Å². The number of amides is 3. The maximum Gasteiger partial charge on any atom is 0.416 e. The highest BCUT2D eigenvalue weighted by molar-refractivity contribution is 7.99. The molecule has 0 spiro atoms. The van der Waals surface area contributed by atoms with Gasteiger partial charge in [0, 0.05) is 43.1 Å². The molecule has 0 saturated carbocycles. The van der Waals surface area contributed by atoms with Crippen molar-refractivity contribution in [2.45, 2.75) is 49.7 Å². The minimum Gasteiger partial charge on any atom is -0.493 e. The number of methoxy groups -OCH3 is 2. The van der Waals surface area contributed by atoms with E-state index in [1.807, 2.05) is 13.2 Å². The van der Waals surface area contributed by atoms with Gasteiger partial charge in [-0.25, -0.2) is 9.69 Å². The van der Waals surface area contributed by atoms with E-state index in [1.165, 1.54) is 31.3 Å². The summed E-state index contributed by atoms with van der Waals surface area (Å²) in [5, 5.41) is 11.5. The molecule has 4 aliphatic rings. The van der Waals surface area contributed by atoms with Gasteiger partial charge in [-0.2, -0.15) is 11.8 Å². The van der Waals surface area contributed by atoms with Gasteiger partial charge in [0.1, 0.15) is 6.61 Å². The zero-order chi connectivity index (χ0) is 35.7. The van der Waals surface area contributed by atoms with Crippen LogP contribution in [0.3, 0.4) is 0 Å². The Hall–Kier alpha value is -4.69. The maximum atomic E-state index is 13.8. The van der Waals surface area contributed by atoms with E-state index in [0.29, 0.717) is 48.6 Å². The smallest absolute Gasteiger partial charge is 0.416 e. The lowest BCUT2D eigenvalue weighted by Gasteiger charge is -2.31. The van der Waals surface area contributed by atoms with E-state index in [4.69, 9.17) is 23.7 Å². The van der Waals surface area contributed by atoms with Crippen LogP contribution in [0.1, 0.15) is 46.9 Å². The summed E-state index contributed by atoms with van der Waals surface area (Å²) in [5.74, 6) is 0.907. The second-order valence-corrected chi connectivity index (χ2v) is 14.0. The fourth-order valence-corrected chi connectivity index (χ4v) is 6.74. The van der Waals surface area contributed by atoms with Crippen LogP contribution in [0.2, 0.25) is 0 Å². The molecule has 4 heterocycles. The standard InChI is InChI=1S/C36H42N4O9S/c1-20-10-23-16-37-26-14-31(29(45-4)12-24(26)33(41)38(23)17-20)47-8-7-9-48-32-15-27-25(13-30(32)46-5)34(42)39-18-21(2)11-28(39)35(43)40(27)36(44)49-19-22(3)50-6/h12-16,22-23,28,35,43H,1-2,7-11,17-19H2,3-6H3/t22?,23?,28-,35?/m0/s1. The Kier molecular flexibility index (Phi) is 10.3. The Morgan fingerprint density at radius 1 is 0.940 bits per heavy atom. The van der Waals surface area contributed by atoms with Gasteiger partial charge in [-0.3, -0.25) is 14.6 Å². The SMILES string of the molecule is C=C1CC2C=Nc3cc(OCCCOc4cc5c(cc4OC)C(=O)N4CC(=C)C[C@H]4C(O)N5C(=O)OCC(C)SC)c(OC)cc3C(=O)N2C1. The molecule has 0 aliphatic carbocycles. The van der Waals surface area contributed by atoms with Crippen molar-refractivity contribution in [3.8, 4) is 23.0 Å². The van der Waals surface area contributed by atoms with Crippen LogP contribution in [0.4, 0.5) is 16.2 Å².